The van der Waals surface area contributed by atoms with Crippen molar-refractivity contribution in [3.05, 3.63) is 59.7 Å². The van der Waals surface area contributed by atoms with E-state index in [9.17, 15) is 13.2 Å². The van der Waals surface area contributed by atoms with Crippen molar-refractivity contribution in [3.63, 3.8) is 0 Å². The smallest absolute Gasteiger partial charge is 0.240 e. The number of anilines is 1. The summed E-state index contributed by atoms with van der Waals surface area (Å²) in [5.41, 5.74) is 2.93. The van der Waals surface area contributed by atoms with E-state index in [1.54, 1.807) is 18.2 Å². The molecule has 1 N–H and O–H groups in total. The SMILES string of the molecule is CC[C@H](Cc1ccccc1)NS(=O)(=O)c1ccc2c(c1)CCN2C(=O)C1CCC1. The fraction of sp³-hybridized carbons (Fsp3) is 0.435. The summed E-state index contributed by atoms with van der Waals surface area (Å²) in [4.78, 5) is 14.7. The van der Waals surface area contributed by atoms with Crippen molar-refractivity contribution in [1.82, 2.24) is 4.72 Å². The van der Waals surface area contributed by atoms with Gasteiger partial charge in [0.05, 0.1) is 4.90 Å². The molecule has 29 heavy (non-hydrogen) atoms. The maximum absolute atomic E-state index is 13.0. The lowest BCUT2D eigenvalue weighted by Crippen LogP contribution is -2.37. The minimum absolute atomic E-state index is 0.148. The summed E-state index contributed by atoms with van der Waals surface area (Å²) >= 11 is 0. The van der Waals surface area contributed by atoms with Crippen molar-refractivity contribution >= 4 is 21.6 Å². The predicted octanol–water partition coefficient (Wildman–Crippen LogP) is 3.68. The fourth-order valence-corrected chi connectivity index (χ4v) is 5.47. The Morgan fingerprint density at radius 2 is 1.93 bits per heavy atom. The van der Waals surface area contributed by atoms with Gasteiger partial charge in [-0.15, -0.1) is 0 Å². The number of hydrogen-bond acceptors (Lipinski definition) is 3. The first-order valence-corrected chi connectivity index (χ1v) is 12.0. The molecule has 2 aromatic rings. The number of hydrogen-bond donors (Lipinski definition) is 1. The Hall–Kier alpha value is -2.18. The van der Waals surface area contributed by atoms with Crippen LogP contribution in [-0.4, -0.2) is 26.9 Å². The number of carbonyl (C=O) groups excluding carboxylic acids is 1. The second-order valence-corrected chi connectivity index (χ2v) is 9.79. The van der Waals surface area contributed by atoms with E-state index < -0.39 is 10.0 Å². The third-order valence-electron chi connectivity index (χ3n) is 6.12. The molecule has 6 heteroatoms. The highest BCUT2D eigenvalue weighted by atomic mass is 32.2. The van der Waals surface area contributed by atoms with Crippen LogP contribution in [0.5, 0.6) is 0 Å². The van der Waals surface area contributed by atoms with Gasteiger partial charge in [-0.05, 0) is 61.4 Å². The molecule has 1 aliphatic heterocycles. The Morgan fingerprint density at radius 3 is 2.59 bits per heavy atom. The van der Waals surface area contributed by atoms with Crippen molar-refractivity contribution < 1.29 is 13.2 Å². The minimum atomic E-state index is -3.61. The van der Waals surface area contributed by atoms with Crippen LogP contribution in [0.2, 0.25) is 0 Å². The van der Waals surface area contributed by atoms with Gasteiger partial charge in [-0.2, -0.15) is 0 Å². The number of sulfonamides is 1. The summed E-state index contributed by atoms with van der Waals surface area (Å²) in [6.45, 7) is 2.63. The summed E-state index contributed by atoms with van der Waals surface area (Å²) in [6, 6.07) is 14.9. The Balaban J connectivity index is 1.49. The van der Waals surface area contributed by atoms with Gasteiger partial charge >= 0.3 is 0 Å². The maximum Gasteiger partial charge on any atom is 0.240 e. The number of fused-ring (bicyclic) bond motifs is 1. The molecule has 1 heterocycles. The van der Waals surface area contributed by atoms with E-state index in [0.717, 1.165) is 36.1 Å². The molecule has 1 saturated carbocycles. The molecule has 1 aliphatic carbocycles. The van der Waals surface area contributed by atoms with Crippen molar-refractivity contribution in [2.24, 2.45) is 5.92 Å². The molecule has 0 spiro atoms. The van der Waals surface area contributed by atoms with Crippen molar-refractivity contribution in [3.8, 4) is 0 Å². The number of benzene rings is 2. The van der Waals surface area contributed by atoms with Crippen molar-refractivity contribution in [1.29, 1.82) is 0 Å². The quantitative estimate of drug-likeness (QED) is 0.754. The maximum atomic E-state index is 13.0. The molecule has 1 amide bonds. The molecular weight excluding hydrogens is 384 g/mol. The van der Waals surface area contributed by atoms with Crippen LogP contribution < -0.4 is 9.62 Å². The normalized spacial score (nSPS) is 17.6. The van der Waals surface area contributed by atoms with Gasteiger partial charge in [-0.25, -0.2) is 13.1 Å². The number of rotatable bonds is 7. The van der Waals surface area contributed by atoms with Crippen LogP contribution in [0.1, 0.15) is 43.7 Å². The third-order valence-corrected chi connectivity index (χ3v) is 7.63. The lowest BCUT2D eigenvalue weighted by Gasteiger charge is -2.29. The lowest BCUT2D eigenvalue weighted by molar-refractivity contribution is -0.124. The molecule has 1 atom stereocenters. The van der Waals surface area contributed by atoms with Gasteiger partial charge in [-0.3, -0.25) is 4.79 Å². The number of carbonyl (C=O) groups is 1. The molecule has 0 unspecified atom stereocenters. The van der Waals surface area contributed by atoms with E-state index in [0.29, 0.717) is 25.8 Å². The molecule has 2 aromatic carbocycles. The van der Waals surface area contributed by atoms with E-state index in [4.69, 9.17) is 0 Å². The predicted molar refractivity (Wildman–Crippen MR) is 114 cm³/mol. The van der Waals surface area contributed by atoms with Gasteiger partial charge in [0.25, 0.3) is 0 Å². The standard InChI is InChI=1S/C23H28N2O3S/c1-2-20(15-17-7-4-3-5-8-17)24-29(27,28)21-11-12-22-19(16-21)13-14-25(22)23(26)18-9-6-10-18/h3-5,7-8,11-12,16,18,20,24H,2,6,9-10,13-15H2,1H3/t20-/m1/s1. The van der Waals surface area contributed by atoms with E-state index in [1.165, 1.54) is 0 Å². The van der Waals surface area contributed by atoms with E-state index >= 15 is 0 Å². The molecule has 0 saturated heterocycles. The van der Waals surface area contributed by atoms with Crippen LogP contribution in [0.25, 0.3) is 0 Å². The summed E-state index contributed by atoms with van der Waals surface area (Å²) in [6.07, 6.45) is 5.15. The monoisotopic (exact) mass is 412 g/mol. The van der Waals surface area contributed by atoms with Crippen LogP contribution in [0, 0.1) is 5.92 Å². The highest BCUT2D eigenvalue weighted by Crippen LogP contribution is 2.35. The molecule has 1 fully saturated rings. The van der Waals surface area contributed by atoms with Crippen molar-refractivity contribution in [2.45, 2.75) is 56.4 Å². The second kappa shape index (κ2) is 8.28. The van der Waals surface area contributed by atoms with Gasteiger partial charge < -0.3 is 4.90 Å². The Kier molecular flexibility index (Phi) is 5.74. The first-order chi connectivity index (χ1) is 14.0. The highest BCUT2D eigenvalue weighted by Gasteiger charge is 2.34. The average Bonchev–Trinajstić information content (AvgIpc) is 3.10. The van der Waals surface area contributed by atoms with E-state index in [2.05, 4.69) is 4.72 Å². The van der Waals surface area contributed by atoms with Gasteiger partial charge in [0.2, 0.25) is 15.9 Å². The molecule has 0 radical (unpaired) electrons. The summed E-state index contributed by atoms with van der Waals surface area (Å²) in [7, 11) is -3.61. The molecule has 154 valence electrons. The average molecular weight is 413 g/mol. The van der Waals surface area contributed by atoms with E-state index in [1.807, 2.05) is 42.2 Å². The zero-order chi connectivity index (χ0) is 20.4. The minimum Gasteiger partial charge on any atom is -0.312 e. The van der Waals surface area contributed by atoms with Crippen LogP contribution in [-0.2, 0) is 27.7 Å². The van der Waals surface area contributed by atoms with Crippen LogP contribution in [0.3, 0.4) is 0 Å². The topological polar surface area (TPSA) is 66.5 Å². The molecule has 5 nitrogen and oxygen atoms in total. The molecule has 0 aromatic heterocycles. The summed E-state index contributed by atoms with van der Waals surface area (Å²) < 4.78 is 28.8. The lowest BCUT2D eigenvalue weighted by atomic mass is 9.84. The van der Waals surface area contributed by atoms with E-state index in [-0.39, 0.29) is 22.8 Å². The van der Waals surface area contributed by atoms with Gasteiger partial charge in [-0.1, -0.05) is 43.7 Å². The summed E-state index contributed by atoms with van der Waals surface area (Å²) in [5.74, 6) is 0.340. The van der Waals surface area contributed by atoms with Crippen LogP contribution in [0.4, 0.5) is 5.69 Å². The van der Waals surface area contributed by atoms with Crippen LogP contribution >= 0.6 is 0 Å². The first kappa shape index (κ1) is 20.1. The van der Waals surface area contributed by atoms with Gasteiger partial charge in [0, 0.05) is 24.2 Å². The first-order valence-electron chi connectivity index (χ1n) is 10.5. The molecule has 4 rings (SSSR count). The largest absolute Gasteiger partial charge is 0.312 e. The Morgan fingerprint density at radius 1 is 1.17 bits per heavy atom. The molecule has 2 aliphatic rings. The second-order valence-electron chi connectivity index (χ2n) is 8.07. The Labute approximate surface area is 173 Å². The number of nitrogens with zero attached hydrogens (tertiary/aromatic N) is 1. The van der Waals surface area contributed by atoms with Gasteiger partial charge in [0.1, 0.15) is 0 Å². The highest BCUT2D eigenvalue weighted by molar-refractivity contribution is 7.89. The molecule has 0 bridgehead atoms. The zero-order valence-corrected chi connectivity index (χ0v) is 17.6. The third kappa shape index (κ3) is 4.23. The van der Waals surface area contributed by atoms with Crippen molar-refractivity contribution in [2.75, 3.05) is 11.4 Å². The molecular formula is C23H28N2O3S. The fourth-order valence-electron chi connectivity index (χ4n) is 4.11. The van der Waals surface area contributed by atoms with Gasteiger partial charge in [0.15, 0.2) is 0 Å². The number of amides is 1. The van der Waals surface area contributed by atoms with Crippen LogP contribution in [0.15, 0.2) is 53.4 Å². The Bertz CT molecular complexity index is 984. The number of nitrogens with one attached hydrogen (secondary N) is 1. The summed E-state index contributed by atoms with van der Waals surface area (Å²) in [5, 5.41) is 0. The zero-order valence-electron chi connectivity index (χ0n) is 16.8.